The number of alkyl halides is 1. The van der Waals surface area contributed by atoms with Crippen molar-refractivity contribution in [1.29, 1.82) is 0 Å². The molecule has 3 unspecified atom stereocenters. The summed E-state index contributed by atoms with van der Waals surface area (Å²) >= 11 is 5.58. The minimum atomic E-state index is -0.754. The number of anilines is 3. The third kappa shape index (κ3) is 6.72. The molecule has 0 saturated carbocycles. The molecule has 6 atom stereocenters. The van der Waals surface area contributed by atoms with Gasteiger partial charge in [0.1, 0.15) is 6.04 Å². The molecule has 3 fully saturated rings. The summed E-state index contributed by atoms with van der Waals surface area (Å²) in [6.07, 6.45) is 7.18. The summed E-state index contributed by atoms with van der Waals surface area (Å²) in [4.78, 5) is 51.9. The first-order valence-corrected chi connectivity index (χ1v) is 19.0. The lowest BCUT2D eigenvalue weighted by molar-refractivity contribution is -0.139. The van der Waals surface area contributed by atoms with Crippen LogP contribution in [0.1, 0.15) is 46.0 Å². The molecule has 3 saturated heterocycles. The molecule has 10 heteroatoms. The van der Waals surface area contributed by atoms with Gasteiger partial charge >= 0.3 is 0 Å². The van der Waals surface area contributed by atoms with E-state index in [1.54, 1.807) is 38.6 Å². The van der Waals surface area contributed by atoms with Gasteiger partial charge in [0.25, 0.3) is 5.91 Å². The van der Waals surface area contributed by atoms with E-state index in [0.29, 0.717) is 32.5 Å². The van der Waals surface area contributed by atoms with Crippen molar-refractivity contribution in [3.05, 3.63) is 79.9 Å². The maximum absolute atomic E-state index is 15.0. The summed E-state index contributed by atoms with van der Waals surface area (Å²) in [7, 11) is 0. The second-order valence-electron chi connectivity index (χ2n) is 12.8. The molecular formula is C38H49BrN4O4S. The zero-order chi connectivity index (χ0) is 34.4. The van der Waals surface area contributed by atoms with Gasteiger partial charge in [-0.2, -0.15) is 0 Å². The van der Waals surface area contributed by atoms with Crippen LogP contribution in [0.2, 0.25) is 0 Å². The van der Waals surface area contributed by atoms with Crippen molar-refractivity contribution < 1.29 is 19.5 Å². The Morgan fingerprint density at radius 2 is 1.50 bits per heavy atom. The van der Waals surface area contributed by atoms with Crippen molar-refractivity contribution in [2.45, 2.75) is 66.8 Å². The van der Waals surface area contributed by atoms with E-state index < -0.39 is 22.6 Å². The molecule has 3 amide bonds. The second-order valence-corrected chi connectivity index (χ2v) is 15.5. The van der Waals surface area contributed by atoms with Gasteiger partial charge in [0.15, 0.2) is 0 Å². The molecule has 8 nitrogen and oxygen atoms in total. The molecule has 2 aromatic carbocycles. The third-order valence-electron chi connectivity index (χ3n) is 10.1. The molecule has 3 heterocycles. The highest BCUT2D eigenvalue weighted by atomic mass is 79.9. The number of para-hydroxylation sites is 1. The van der Waals surface area contributed by atoms with Crippen molar-refractivity contribution >= 4 is 62.5 Å². The molecule has 258 valence electrons. The van der Waals surface area contributed by atoms with Crippen LogP contribution < -0.4 is 14.7 Å². The van der Waals surface area contributed by atoms with Crippen molar-refractivity contribution in [2.75, 3.05) is 54.0 Å². The first-order chi connectivity index (χ1) is 23.3. The van der Waals surface area contributed by atoms with Crippen molar-refractivity contribution in [3.8, 4) is 0 Å². The highest BCUT2D eigenvalue weighted by molar-refractivity contribution is 9.09. The Morgan fingerprint density at radius 1 is 0.917 bits per heavy atom. The molecule has 48 heavy (non-hydrogen) atoms. The minimum Gasteiger partial charge on any atom is -0.396 e. The van der Waals surface area contributed by atoms with Gasteiger partial charge in [-0.1, -0.05) is 59.1 Å². The Balaban J connectivity index is 1.54. The molecule has 2 aromatic rings. The van der Waals surface area contributed by atoms with E-state index in [1.165, 1.54) is 0 Å². The van der Waals surface area contributed by atoms with Crippen molar-refractivity contribution in [2.24, 2.45) is 11.8 Å². The number of thioether (sulfide) groups is 1. The summed E-state index contributed by atoms with van der Waals surface area (Å²) in [6.45, 7) is 15.1. The van der Waals surface area contributed by atoms with Crippen LogP contribution in [-0.2, 0) is 14.4 Å². The minimum absolute atomic E-state index is 0.0251. The van der Waals surface area contributed by atoms with Gasteiger partial charge in [0.05, 0.1) is 16.6 Å². The zero-order valence-corrected chi connectivity index (χ0v) is 30.6. The fraction of sp³-hybridized carbons (Fsp3) is 0.500. The largest absolute Gasteiger partial charge is 0.396 e. The van der Waals surface area contributed by atoms with E-state index in [0.717, 1.165) is 49.4 Å². The monoisotopic (exact) mass is 736 g/mol. The fourth-order valence-corrected chi connectivity index (χ4v) is 11.6. The van der Waals surface area contributed by atoms with Crippen LogP contribution in [0.25, 0.3) is 0 Å². The summed E-state index contributed by atoms with van der Waals surface area (Å²) in [6, 6.07) is 16.8. The molecule has 1 N–H and O–H groups in total. The van der Waals surface area contributed by atoms with Gasteiger partial charge in [0.2, 0.25) is 11.8 Å². The number of unbranched alkanes of at least 4 members (excludes halogenated alkanes) is 3. The van der Waals surface area contributed by atoms with Crippen LogP contribution >= 0.6 is 27.7 Å². The summed E-state index contributed by atoms with van der Waals surface area (Å²) in [5.41, 5.74) is 2.61. The molecule has 0 aliphatic carbocycles. The number of fused-ring (bicyclic) bond motifs is 1. The van der Waals surface area contributed by atoms with Crippen LogP contribution in [0.5, 0.6) is 0 Å². The van der Waals surface area contributed by atoms with Gasteiger partial charge in [-0.3, -0.25) is 14.4 Å². The van der Waals surface area contributed by atoms with Crippen molar-refractivity contribution in [1.82, 2.24) is 4.90 Å². The number of nitrogens with zero attached hydrogens (tertiary/aromatic N) is 4. The number of aliphatic hydroxyl groups is 1. The van der Waals surface area contributed by atoms with Crippen molar-refractivity contribution in [3.63, 3.8) is 0 Å². The molecule has 5 rings (SSSR count). The van der Waals surface area contributed by atoms with E-state index in [-0.39, 0.29) is 34.4 Å². The number of halogens is 1. The molecule has 3 aliphatic heterocycles. The summed E-state index contributed by atoms with van der Waals surface area (Å²) in [5.74, 6) is -1.55. The Kier molecular flexibility index (Phi) is 12.1. The average Bonchev–Trinajstić information content (AvgIpc) is 3.69. The standard InChI is InChI=1S/C38H49BrN4O4S/c1-5-22-41(28-16-12-11-13-17-28)35(45)31-32-36(46)43(24-14-9-10-15-25-44)34(38(32)26-30(39)33(31)48-38)37(47)42(23-6-2)29-20-18-27(19-21-29)40(7-3)8-4/h5-6,11-13,16-21,30-34,44H,1-2,7-10,14-15,22-26H2,3-4H3/t30?,31-,32+,33-,34?,38?/m1/s1. The highest BCUT2D eigenvalue weighted by Crippen LogP contribution is 2.68. The average molecular weight is 738 g/mol. The maximum Gasteiger partial charge on any atom is 0.251 e. The van der Waals surface area contributed by atoms with E-state index in [1.807, 2.05) is 54.6 Å². The highest BCUT2D eigenvalue weighted by Gasteiger charge is 2.76. The van der Waals surface area contributed by atoms with E-state index in [9.17, 15) is 14.7 Å². The number of carbonyl (C=O) groups excluding carboxylic acids is 3. The van der Waals surface area contributed by atoms with Crippen LogP contribution in [0.3, 0.4) is 0 Å². The molecule has 2 bridgehead atoms. The van der Waals surface area contributed by atoms with Gasteiger partial charge in [0, 0.05) is 66.5 Å². The number of hydrogen-bond donors (Lipinski definition) is 1. The quantitative estimate of drug-likeness (QED) is 0.117. The summed E-state index contributed by atoms with van der Waals surface area (Å²) in [5, 5.41) is 9.16. The fourth-order valence-electron chi connectivity index (χ4n) is 7.95. The molecule has 0 aromatic heterocycles. The van der Waals surface area contributed by atoms with E-state index >= 15 is 4.79 Å². The normalized spacial score (nSPS) is 25.5. The Labute approximate surface area is 298 Å². The number of rotatable bonds is 17. The van der Waals surface area contributed by atoms with Crippen LogP contribution in [0.15, 0.2) is 79.9 Å². The first kappa shape index (κ1) is 36.2. The Hall–Kier alpha value is -3.08. The Bertz CT molecular complexity index is 1450. The smallest absolute Gasteiger partial charge is 0.251 e. The topological polar surface area (TPSA) is 84.4 Å². The lowest BCUT2D eigenvalue weighted by atomic mass is 9.70. The first-order valence-electron chi connectivity index (χ1n) is 17.3. The number of amides is 3. The predicted molar refractivity (Wildman–Crippen MR) is 201 cm³/mol. The van der Waals surface area contributed by atoms with E-state index in [4.69, 9.17) is 0 Å². The third-order valence-corrected chi connectivity index (χ3v) is 13.3. The number of carbonyl (C=O) groups is 3. The predicted octanol–water partition coefficient (Wildman–Crippen LogP) is 6.29. The van der Waals surface area contributed by atoms with Gasteiger partial charge in [-0.15, -0.1) is 24.9 Å². The maximum atomic E-state index is 15.0. The molecule has 0 radical (unpaired) electrons. The van der Waals surface area contributed by atoms with Gasteiger partial charge in [-0.05, 0) is 69.5 Å². The number of aliphatic hydroxyl groups excluding tert-OH is 1. The number of likely N-dealkylation sites (tertiary alicyclic amines) is 1. The van der Waals surface area contributed by atoms with Gasteiger partial charge < -0.3 is 24.7 Å². The zero-order valence-electron chi connectivity index (χ0n) is 28.2. The summed E-state index contributed by atoms with van der Waals surface area (Å²) < 4.78 is -0.754. The van der Waals surface area contributed by atoms with Crippen LogP contribution in [0.4, 0.5) is 17.1 Å². The second kappa shape index (κ2) is 16.1. The van der Waals surface area contributed by atoms with Gasteiger partial charge in [-0.25, -0.2) is 0 Å². The molecular weight excluding hydrogens is 688 g/mol. The lowest BCUT2D eigenvalue weighted by Gasteiger charge is -2.38. The molecule has 1 spiro atoms. The van der Waals surface area contributed by atoms with Crippen LogP contribution in [0, 0.1) is 11.8 Å². The lowest BCUT2D eigenvalue weighted by Crippen LogP contribution is -2.56. The number of hydrogen-bond acceptors (Lipinski definition) is 6. The number of benzene rings is 2. The van der Waals surface area contributed by atoms with E-state index in [2.05, 4.69) is 47.8 Å². The Morgan fingerprint density at radius 3 is 2.10 bits per heavy atom. The SMILES string of the molecule is C=CCN(C(=O)C1N(CCCCCCO)C(=O)[C@@H]2[C@@H](C(=O)N(CC=C)c3ccccc3)[C@@H]3SC12CC3Br)c1ccc(N(CC)CC)cc1. The molecule has 3 aliphatic rings. The van der Waals surface area contributed by atoms with Crippen LogP contribution in [-0.4, -0.2) is 87.9 Å².